The van der Waals surface area contributed by atoms with E-state index in [1.54, 1.807) is 30.5 Å². The highest BCUT2D eigenvalue weighted by atomic mass is 35.5. The molecule has 2 aromatic rings. The molecule has 0 unspecified atom stereocenters. The van der Waals surface area contributed by atoms with Crippen LogP contribution in [0.1, 0.15) is 22.8 Å². The number of benzene rings is 1. The molecule has 0 aliphatic heterocycles. The van der Waals surface area contributed by atoms with Gasteiger partial charge >= 0.3 is 0 Å². The molecule has 0 fully saturated rings. The number of aromatic nitrogens is 1. The van der Waals surface area contributed by atoms with Crippen molar-refractivity contribution >= 4 is 17.4 Å². The highest BCUT2D eigenvalue weighted by Gasteiger charge is 2.08. The van der Waals surface area contributed by atoms with Gasteiger partial charge in [-0.1, -0.05) is 17.7 Å². The summed E-state index contributed by atoms with van der Waals surface area (Å²) >= 11 is 5.72. The van der Waals surface area contributed by atoms with Crippen molar-refractivity contribution in [3.8, 4) is 11.5 Å². The lowest BCUT2D eigenvalue weighted by molar-refractivity contribution is 0.101. The fraction of sp³-hybridized carbons (Fsp3) is 0.200. The van der Waals surface area contributed by atoms with Crippen molar-refractivity contribution in [2.75, 3.05) is 7.11 Å². The maximum atomic E-state index is 11.3. The Bertz CT molecular complexity index is 611. The Kier molecular flexibility index (Phi) is 4.58. The fourth-order valence-corrected chi connectivity index (χ4v) is 1.77. The van der Waals surface area contributed by atoms with Crippen LogP contribution < -0.4 is 9.47 Å². The standard InChI is InChI=1S/C15H14ClNO3/c1-10(18)12-4-5-13(14(7-12)19-2)20-9-11-3-6-15(16)17-8-11/h3-8H,9H2,1-2H3. The predicted molar refractivity (Wildman–Crippen MR) is 76.6 cm³/mol. The summed E-state index contributed by atoms with van der Waals surface area (Å²) in [6, 6.07) is 8.64. The molecule has 1 aromatic carbocycles. The Balaban J connectivity index is 2.12. The van der Waals surface area contributed by atoms with Crippen molar-refractivity contribution in [1.29, 1.82) is 0 Å². The SMILES string of the molecule is COc1cc(C(C)=O)ccc1OCc1ccc(Cl)nc1. The highest BCUT2D eigenvalue weighted by molar-refractivity contribution is 6.29. The molecule has 0 spiro atoms. The minimum atomic E-state index is -0.0169. The zero-order valence-corrected chi connectivity index (χ0v) is 12.0. The fourth-order valence-electron chi connectivity index (χ4n) is 1.66. The van der Waals surface area contributed by atoms with Crippen molar-refractivity contribution in [3.63, 3.8) is 0 Å². The average molecular weight is 292 g/mol. The van der Waals surface area contributed by atoms with Crippen molar-refractivity contribution < 1.29 is 14.3 Å². The van der Waals surface area contributed by atoms with Crippen molar-refractivity contribution in [3.05, 3.63) is 52.8 Å². The summed E-state index contributed by atoms with van der Waals surface area (Å²) in [6.07, 6.45) is 1.65. The van der Waals surface area contributed by atoms with E-state index >= 15 is 0 Å². The van der Waals surface area contributed by atoms with Gasteiger partial charge in [0.2, 0.25) is 0 Å². The van der Waals surface area contributed by atoms with Crippen LogP contribution in [-0.2, 0) is 6.61 Å². The van der Waals surface area contributed by atoms with Gasteiger partial charge in [-0.3, -0.25) is 4.79 Å². The van der Waals surface area contributed by atoms with E-state index in [1.165, 1.54) is 14.0 Å². The van der Waals surface area contributed by atoms with E-state index in [0.29, 0.717) is 28.8 Å². The zero-order chi connectivity index (χ0) is 14.5. The van der Waals surface area contributed by atoms with E-state index in [4.69, 9.17) is 21.1 Å². The summed E-state index contributed by atoms with van der Waals surface area (Å²) in [7, 11) is 1.54. The first-order valence-electron chi connectivity index (χ1n) is 6.02. The Morgan fingerprint density at radius 2 is 2.05 bits per heavy atom. The van der Waals surface area contributed by atoms with Crippen LogP contribution >= 0.6 is 11.6 Å². The molecule has 0 saturated carbocycles. The molecule has 1 aromatic heterocycles. The molecule has 2 rings (SSSR count). The van der Waals surface area contributed by atoms with Crippen LogP contribution in [0.5, 0.6) is 11.5 Å². The lowest BCUT2D eigenvalue weighted by Crippen LogP contribution is -2.00. The molecule has 1 heterocycles. The molecule has 104 valence electrons. The lowest BCUT2D eigenvalue weighted by atomic mass is 10.1. The molecule has 0 radical (unpaired) electrons. The topological polar surface area (TPSA) is 48.4 Å². The first-order valence-corrected chi connectivity index (χ1v) is 6.40. The van der Waals surface area contributed by atoms with E-state index in [9.17, 15) is 4.79 Å². The Labute approximate surface area is 122 Å². The van der Waals surface area contributed by atoms with Crippen molar-refractivity contribution in [2.24, 2.45) is 0 Å². The van der Waals surface area contributed by atoms with E-state index in [1.807, 2.05) is 6.07 Å². The summed E-state index contributed by atoms with van der Waals surface area (Å²) in [5, 5.41) is 0.442. The second-order valence-corrected chi connectivity index (χ2v) is 4.59. The number of pyridine rings is 1. The first kappa shape index (κ1) is 14.3. The van der Waals surface area contributed by atoms with Crippen LogP contribution in [0.4, 0.5) is 0 Å². The molecule has 0 aliphatic rings. The van der Waals surface area contributed by atoms with Gasteiger partial charge in [0.05, 0.1) is 7.11 Å². The lowest BCUT2D eigenvalue weighted by Gasteiger charge is -2.11. The third-order valence-electron chi connectivity index (χ3n) is 2.75. The number of carbonyl (C=O) groups is 1. The predicted octanol–water partition coefficient (Wildman–Crippen LogP) is 3.53. The smallest absolute Gasteiger partial charge is 0.161 e. The molecule has 20 heavy (non-hydrogen) atoms. The number of nitrogens with zero attached hydrogens (tertiary/aromatic N) is 1. The van der Waals surface area contributed by atoms with E-state index < -0.39 is 0 Å². The largest absolute Gasteiger partial charge is 0.493 e. The van der Waals surface area contributed by atoms with Crippen LogP contribution in [0.15, 0.2) is 36.5 Å². The molecule has 0 bridgehead atoms. The summed E-state index contributed by atoms with van der Waals surface area (Å²) in [6.45, 7) is 1.86. The number of carbonyl (C=O) groups excluding carboxylic acids is 1. The monoisotopic (exact) mass is 291 g/mol. The van der Waals surface area contributed by atoms with Gasteiger partial charge in [-0.2, -0.15) is 0 Å². The molecule has 0 aliphatic carbocycles. The molecule has 4 nitrogen and oxygen atoms in total. The number of Topliss-reactive ketones (excluding diaryl/α,β-unsaturated/α-hetero) is 1. The molecule has 0 N–H and O–H groups in total. The number of methoxy groups -OCH3 is 1. The van der Waals surface area contributed by atoms with Crippen LogP contribution in [0.2, 0.25) is 5.15 Å². The molecular weight excluding hydrogens is 278 g/mol. The number of ether oxygens (including phenoxy) is 2. The van der Waals surface area contributed by atoms with E-state index in [2.05, 4.69) is 4.98 Å². The van der Waals surface area contributed by atoms with Crippen LogP contribution in [0, 0.1) is 0 Å². The maximum absolute atomic E-state index is 11.3. The molecule has 0 atom stereocenters. The number of ketones is 1. The van der Waals surface area contributed by atoms with E-state index in [0.717, 1.165) is 5.56 Å². The normalized spacial score (nSPS) is 10.2. The van der Waals surface area contributed by atoms with E-state index in [-0.39, 0.29) is 5.78 Å². The quantitative estimate of drug-likeness (QED) is 0.624. The van der Waals surface area contributed by atoms with Crippen LogP contribution in [-0.4, -0.2) is 17.9 Å². The van der Waals surface area contributed by atoms with Crippen LogP contribution in [0.25, 0.3) is 0 Å². The van der Waals surface area contributed by atoms with Crippen molar-refractivity contribution in [2.45, 2.75) is 13.5 Å². The minimum Gasteiger partial charge on any atom is -0.493 e. The number of halogens is 1. The molecule has 0 amide bonds. The Morgan fingerprint density at radius 3 is 2.65 bits per heavy atom. The first-order chi connectivity index (χ1) is 9.60. The van der Waals surface area contributed by atoms with Gasteiger partial charge in [0.1, 0.15) is 11.8 Å². The Morgan fingerprint density at radius 1 is 1.25 bits per heavy atom. The Hall–Kier alpha value is -2.07. The van der Waals surface area contributed by atoms with Gasteiger partial charge in [-0.15, -0.1) is 0 Å². The third kappa shape index (κ3) is 3.48. The third-order valence-corrected chi connectivity index (χ3v) is 2.98. The van der Waals surface area contributed by atoms with Gasteiger partial charge in [0, 0.05) is 17.3 Å². The average Bonchev–Trinajstić information content (AvgIpc) is 2.46. The highest BCUT2D eigenvalue weighted by Crippen LogP contribution is 2.29. The van der Waals surface area contributed by atoms with Crippen molar-refractivity contribution in [1.82, 2.24) is 4.98 Å². The van der Waals surface area contributed by atoms with Crippen LogP contribution in [0.3, 0.4) is 0 Å². The molecular formula is C15H14ClNO3. The van der Waals surface area contributed by atoms with Gasteiger partial charge in [0.25, 0.3) is 0 Å². The second-order valence-electron chi connectivity index (χ2n) is 4.20. The van der Waals surface area contributed by atoms with Gasteiger partial charge < -0.3 is 9.47 Å². The molecule has 0 saturated heterocycles. The number of rotatable bonds is 5. The minimum absolute atomic E-state index is 0.0169. The van der Waals surface area contributed by atoms with Gasteiger partial charge in [0.15, 0.2) is 17.3 Å². The van der Waals surface area contributed by atoms with Gasteiger partial charge in [-0.25, -0.2) is 4.98 Å². The second kappa shape index (κ2) is 6.39. The summed E-state index contributed by atoms with van der Waals surface area (Å²) in [5.41, 5.74) is 1.48. The maximum Gasteiger partial charge on any atom is 0.161 e. The summed E-state index contributed by atoms with van der Waals surface area (Å²) in [4.78, 5) is 15.3. The number of hydrogen-bond acceptors (Lipinski definition) is 4. The summed E-state index contributed by atoms with van der Waals surface area (Å²) < 4.78 is 10.9. The molecule has 5 heteroatoms. The zero-order valence-electron chi connectivity index (χ0n) is 11.2. The summed E-state index contributed by atoms with van der Waals surface area (Å²) in [5.74, 6) is 1.09. The van der Waals surface area contributed by atoms with Gasteiger partial charge in [-0.05, 0) is 31.2 Å². The number of hydrogen-bond donors (Lipinski definition) is 0.